The van der Waals surface area contributed by atoms with Gasteiger partial charge < -0.3 is 16.0 Å². The van der Waals surface area contributed by atoms with Crippen molar-refractivity contribution in [2.75, 3.05) is 25.0 Å². The van der Waals surface area contributed by atoms with Crippen LogP contribution in [0.2, 0.25) is 0 Å². The molecule has 0 radical (unpaired) electrons. The van der Waals surface area contributed by atoms with E-state index in [1.54, 1.807) is 0 Å². The van der Waals surface area contributed by atoms with E-state index in [4.69, 9.17) is 0 Å². The Bertz CT molecular complexity index is 627. The lowest BCUT2D eigenvalue weighted by molar-refractivity contribution is -0.119. The molecule has 4 nitrogen and oxygen atoms in total. The smallest absolute Gasteiger partial charge is 0.239 e. The van der Waals surface area contributed by atoms with Crippen molar-refractivity contribution >= 4 is 11.6 Å². The lowest BCUT2D eigenvalue weighted by Gasteiger charge is -2.27. The van der Waals surface area contributed by atoms with Crippen LogP contribution in [0, 0.1) is 0 Å². The molecule has 4 heteroatoms. The summed E-state index contributed by atoms with van der Waals surface area (Å²) in [5, 5.41) is 9.59. The van der Waals surface area contributed by atoms with Crippen molar-refractivity contribution in [1.82, 2.24) is 10.6 Å². The molecule has 1 amide bonds. The van der Waals surface area contributed by atoms with Crippen LogP contribution in [0.4, 0.5) is 5.69 Å². The number of nitrogens with one attached hydrogen (secondary N) is 3. The minimum absolute atomic E-state index is 0.00806. The number of carbonyl (C=O) groups is 1. The molecule has 1 aliphatic rings. The first-order valence-electron chi connectivity index (χ1n) is 7.70. The largest absolute Gasteiger partial charge is 0.376 e. The molecule has 2 aromatic carbocycles. The zero-order valence-electron chi connectivity index (χ0n) is 12.5. The molecule has 1 heterocycles. The standard InChI is InChI=1S/C18H21N3O/c22-18(13-20-15-7-2-1-3-8-15)21-12-17-16-9-5-4-6-14(16)10-11-19-17/h1-9,17,19-20H,10-13H2,(H,21,22). The Morgan fingerprint density at radius 2 is 1.86 bits per heavy atom. The van der Waals surface area contributed by atoms with Crippen molar-refractivity contribution in [2.45, 2.75) is 12.5 Å². The fourth-order valence-corrected chi connectivity index (χ4v) is 2.79. The van der Waals surface area contributed by atoms with Gasteiger partial charge in [0.25, 0.3) is 0 Å². The first-order chi connectivity index (χ1) is 10.8. The second-order valence-corrected chi connectivity index (χ2v) is 5.48. The molecular formula is C18H21N3O. The van der Waals surface area contributed by atoms with Gasteiger partial charge in [-0.05, 0) is 36.2 Å². The summed E-state index contributed by atoms with van der Waals surface area (Å²) in [6, 6.07) is 18.4. The Labute approximate surface area is 130 Å². The van der Waals surface area contributed by atoms with Crippen LogP contribution >= 0.6 is 0 Å². The number of rotatable bonds is 5. The second kappa shape index (κ2) is 7.09. The number of anilines is 1. The van der Waals surface area contributed by atoms with Gasteiger partial charge in [0.2, 0.25) is 5.91 Å². The Morgan fingerprint density at radius 3 is 2.73 bits per heavy atom. The summed E-state index contributed by atoms with van der Waals surface area (Å²) in [6.45, 7) is 1.87. The van der Waals surface area contributed by atoms with Crippen molar-refractivity contribution < 1.29 is 4.79 Å². The molecule has 1 atom stereocenters. The Balaban J connectivity index is 1.50. The Kier molecular flexibility index (Phi) is 4.71. The van der Waals surface area contributed by atoms with E-state index in [1.807, 2.05) is 30.3 Å². The number of hydrogen-bond donors (Lipinski definition) is 3. The van der Waals surface area contributed by atoms with Crippen molar-refractivity contribution in [3.63, 3.8) is 0 Å². The summed E-state index contributed by atoms with van der Waals surface area (Å²) in [6.07, 6.45) is 1.05. The van der Waals surface area contributed by atoms with Crippen LogP contribution in [0.25, 0.3) is 0 Å². The fraction of sp³-hybridized carbons (Fsp3) is 0.278. The van der Waals surface area contributed by atoms with E-state index in [1.165, 1.54) is 11.1 Å². The van der Waals surface area contributed by atoms with E-state index in [-0.39, 0.29) is 11.9 Å². The lowest BCUT2D eigenvalue weighted by Crippen LogP contribution is -2.40. The maximum atomic E-state index is 12.0. The highest BCUT2D eigenvalue weighted by Gasteiger charge is 2.19. The molecule has 0 fully saturated rings. The summed E-state index contributed by atoms with van der Waals surface area (Å²) in [7, 11) is 0. The van der Waals surface area contributed by atoms with E-state index in [2.05, 4.69) is 40.2 Å². The van der Waals surface area contributed by atoms with Crippen molar-refractivity contribution in [1.29, 1.82) is 0 Å². The molecule has 0 bridgehead atoms. The molecule has 3 N–H and O–H groups in total. The van der Waals surface area contributed by atoms with Gasteiger partial charge in [-0.2, -0.15) is 0 Å². The van der Waals surface area contributed by atoms with E-state index in [0.29, 0.717) is 13.1 Å². The first kappa shape index (κ1) is 14.6. The molecule has 2 aromatic rings. The highest BCUT2D eigenvalue weighted by molar-refractivity contribution is 5.80. The highest BCUT2D eigenvalue weighted by atomic mass is 16.1. The Morgan fingerprint density at radius 1 is 1.09 bits per heavy atom. The zero-order valence-corrected chi connectivity index (χ0v) is 12.5. The van der Waals surface area contributed by atoms with Gasteiger partial charge in [-0.15, -0.1) is 0 Å². The van der Waals surface area contributed by atoms with Crippen LogP contribution in [0.5, 0.6) is 0 Å². The van der Waals surface area contributed by atoms with Crippen LogP contribution in [0.15, 0.2) is 54.6 Å². The van der Waals surface area contributed by atoms with Gasteiger partial charge >= 0.3 is 0 Å². The second-order valence-electron chi connectivity index (χ2n) is 5.48. The summed E-state index contributed by atoms with van der Waals surface area (Å²) in [5.41, 5.74) is 3.63. The van der Waals surface area contributed by atoms with E-state index in [0.717, 1.165) is 18.7 Å². The van der Waals surface area contributed by atoms with Crippen LogP contribution in [-0.4, -0.2) is 25.5 Å². The predicted octanol–water partition coefficient (Wildman–Crippen LogP) is 2.10. The van der Waals surface area contributed by atoms with Gasteiger partial charge in [0, 0.05) is 18.3 Å². The van der Waals surface area contributed by atoms with E-state index in [9.17, 15) is 4.79 Å². The average Bonchev–Trinajstić information content (AvgIpc) is 2.59. The normalized spacial score (nSPS) is 16.6. The van der Waals surface area contributed by atoms with Crippen LogP contribution < -0.4 is 16.0 Å². The van der Waals surface area contributed by atoms with Crippen LogP contribution in [-0.2, 0) is 11.2 Å². The average molecular weight is 295 g/mol. The van der Waals surface area contributed by atoms with Crippen LogP contribution in [0.1, 0.15) is 17.2 Å². The summed E-state index contributed by atoms with van der Waals surface area (Å²) in [5.74, 6) is 0.00806. The maximum absolute atomic E-state index is 12.0. The predicted molar refractivity (Wildman–Crippen MR) is 88.8 cm³/mol. The molecule has 22 heavy (non-hydrogen) atoms. The summed E-state index contributed by atoms with van der Waals surface area (Å²) in [4.78, 5) is 12.0. The maximum Gasteiger partial charge on any atom is 0.239 e. The van der Waals surface area contributed by atoms with Gasteiger partial charge in [-0.1, -0.05) is 42.5 Å². The zero-order chi connectivity index (χ0) is 15.2. The number of amides is 1. The fourth-order valence-electron chi connectivity index (χ4n) is 2.79. The molecule has 114 valence electrons. The Hall–Kier alpha value is -2.33. The monoisotopic (exact) mass is 295 g/mol. The number of benzene rings is 2. The highest BCUT2D eigenvalue weighted by Crippen LogP contribution is 2.21. The summed E-state index contributed by atoms with van der Waals surface area (Å²) < 4.78 is 0. The number of hydrogen-bond acceptors (Lipinski definition) is 3. The SMILES string of the molecule is O=C(CNc1ccccc1)NCC1NCCc2ccccc21. The first-order valence-corrected chi connectivity index (χ1v) is 7.70. The van der Waals surface area contributed by atoms with E-state index < -0.39 is 0 Å². The minimum Gasteiger partial charge on any atom is -0.376 e. The number of carbonyl (C=O) groups excluding carboxylic acids is 1. The topological polar surface area (TPSA) is 53.2 Å². The van der Waals surface area contributed by atoms with Crippen molar-refractivity contribution in [3.05, 3.63) is 65.7 Å². The van der Waals surface area contributed by atoms with Gasteiger partial charge in [0.05, 0.1) is 6.54 Å². The van der Waals surface area contributed by atoms with Crippen molar-refractivity contribution in [2.24, 2.45) is 0 Å². The van der Waals surface area contributed by atoms with Gasteiger partial charge in [0.15, 0.2) is 0 Å². The van der Waals surface area contributed by atoms with Gasteiger partial charge in [-0.25, -0.2) is 0 Å². The van der Waals surface area contributed by atoms with Gasteiger partial charge in [0.1, 0.15) is 0 Å². The lowest BCUT2D eigenvalue weighted by atomic mass is 9.94. The molecule has 0 aromatic heterocycles. The van der Waals surface area contributed by atoms with Crippen molar-refractivity contribution in [3.8, 4) is 0 Å². The molecule has 0 spiro atoms. The van der Waals surface area contributed by atoms with Gasteiger partial charge in [-0.3, -0.25) is 4.79 Å². The van der Waals surface area contributed by atoms with E-state index >= 15 is 0 Å². The molecule has 1 aliphatic heterocycles. The molecule has 0 aliphatic carbocycles. The third kappa shape index (κ3) is 3.65. The van der Waals surface area contributed by atoms with Crippen LogP contribution in [0.3, 0.4) is 0 Å². The quantitative estimate of drug-likeness (QED) is 0.792. The number of fused-ring (bicyclic) bond motifs is 1. The number of para-hydroxylation sites is 1. The third-order valence-electron chi connectivity index (χ3n) is 3.95. The molecular weight excluding hydrogens is 274 g/mol. The molecule has 0 saturated carbocycles. The molecule has 3 rings (SSSR count). The minimum atomic E-state index is 0.00806. The third-order valence-corrected chi connectivity index (χ3v) is 3.95. The molecule has 0 saturated heterocycles. The summed E-state index contributed by atoms with van der Waals surface area (Å²) >= 11 is 0. The molecule has 1 unspecified atom stereocenters.